The lowest BCUT2D eigenvalue weighted by molar-refractivity contribution is 0.999. The van der Waals surface area contributed by atoms with Gasteiger partial charge in [-0.3, -0.25) is 0 Å². The summed E-state index contributed by atoms with van der Waals surface area (Å²) in [7, 11) is 0. The molecule has 4 rings (SSSR count). The lowest BCUT2D eigenvalue weighted by Gasteiger charge is -2.08. The van der Waals surface area contributed by atoms with Crippen molar-refractivity contribution >= 4 is 17.0 Å². The lowest BCUT2D eigenvalue weighted by Crippen LogP contribution is -1.95. The molecular formula is C17H13N. The van der Waals surface area contributed by atoms with Crippen LogP contribution in [0, 0.1) is 0 Å². The van der Waals surface area contributed by atoms with Crippen molar-refractivity contribution in [1.82, 2.24) is 4.98 Å². The van der Waals surface area contributed by atoms with E-state index in [0.29, 0.717) is 5.92 Å². The Bertz CT molecular complexity index is 716. The molecule has 1 aromatic heterocycles. The predicted molar refractivity (Wildman–Crippen MR) is 75.6 cm³/mol. The molecule has 1 heterocycles. The van der Waals surface area contributed by atoms with Crippen molar-refractivity contribution in [3.8, 4) is 0 Å². The van der Waals surface area contributed by atoms with E-state index in [1.54, 1.807) is 0 Å². The van der Waals surface area contributed by atoms with Crippen molar-refractivity contribution in [3.63, 3.8) is 0 Å². The van der Waals surface area contributed by atoms with Gasteiger partial charge in [-0.15, -0.1) is 0 Å². The normalized spacial score (nSPS) is 17.2. The minimum absolute atomic E-state index is 0.369. The molecule has 1 heteroatoms. The van der Waals surface area contributed by atoms with Gasteiger partial charge in [0, 0.05) is 17.1 Å². The van der Waals surface area contributed by atoms with E-state index in [1.165, 1.54) is 27.7 Å². The maximum atomic E-state index is 3.53. The number of H-pyrrole nitrogens is 1. The Labute approximate surface area is 106 Å². The van der Waals surface area contributed by atoms with Crippen molar-refractivity contribution < 1.29 is 0 Å². The van der Waals surface area contributed by atoms with Crippen LogP contribution in [0.5, 0.6) is 0 Å². The Morgan fingerprint density at radius 2 is 1.72 bits per heavy atom. The second-order valence-corrected chi connectivity index (χ2v) is 4.78. The zero-order valence-electron chi connectivity index (χ0n) is 9.93. The summed E-state index contributed by atoms with van der Waals surface area (Å²) in [6.45, 7) is 0. The highest BCUT2D eigenvalue weighted by Gasteiger charge is 2.19. The Kier molecular flexibility index (Phi) is 1.95. The highest BCUT2D eigenvalue weighted by atomic mass is 14.7. The maximum Gasteiger partial charge on any atom is 0.0456 e. The van der Waals surface area contributed by atoms with Crippen LogP contribution in [0.2, 0.25) is 0 Å². The van der Waals surface area contributed by atoms with Crippen molar-refractivity contribution in [2.75, 3.05) is 0 Å². The molecule has 0 spiro atoms. The van der Waals surface area contributed by atoms with Crippen LogP contribution >= 0.6 is 0 Å². The maximum absolute atomic E-state index is 3.53. The summed E-state index contributed by atoms with van der Waals surface area (Å²) in [5.41, 5.74) is 5.22. The molecule has 18 heavy (non-hydrogen) atoms. The SMILES string of the molecule is C1=CC(c2cc3ccccc3[nH]2)c2ccccc21. The molecule has 1 atom stereocenters. The average Bonchev–Trinajstić information content (AvgIpc) is 3.02. The van der Waals surface area contributed by atoms with E-state index in [-0.39, 0.29) is 0 Å². The summed E-state index contributed by atoms with van der Waals surface area (Å²) >= 11 is 0. The summed E-state index contributed by atoms with van der Waals surface area (Å²) in [5, 5.41) is 1.28. The first kappa shape index (κ1) is 9.72. The first-order chi connectivity index (χ1) is 8.92. The van der Waals surface area contributed by atoms with Gasteiger partial charge < -0.3 is 4.98 Å². The van der Waals surface area contributed by atoms with Crippen LogP contribution in [0.1, 0.15) is 22.7 Å². The van der Waals surface area contributed by atoms with Crippen molar-refractivity contribution in [2.45, 2.75) is 5.92 Å². The first-order valence-electron chi connectivity index (χ1n) is 6.26. The summed E-state index contributed by atoms with van der Waals surface area (Å²) in [5.74, 6) is 0.369. The molecule has 0 aliphatic heterocycles. The van der Waals surface area contributed by atoms with Crippen LogP contribution in [0.4, 0.5) is 0 Å². The smallest absolute Gasteiger partial charge is 0.0456 e. The Morgan fingerprint density at radius 1 is 0.889 bits per heavy atom. The molecule has 0 saturated carbocycles. The number of rotatable bonds is 1. The van der Waals surface area contributed by atoms with Crippen LogP contribution in [0.3, 0.4) is 0 Å². The molecule has 1 unspecified atom stereocenters. The second-order valence-electron chi connectivity index (χ2n) is 4.78. The third kappa shape index (κ3) is 1.34. The molecule has 0 bridgehead atoms. The number of fused-ring (bicyclic) bond motifs is 2. The van der Waals surface area contributed by atoms with E-state index < -0.39 is 0 Å². The number of para-hydroxylation sites is 1. The van der Waals surface area contributed by atoms with Crippen LogP contribution < -0.4 is 0 Å². The topological polar surface area (TPSA) is 15.8 Å². The number of benzene rings is 2. The van der Waals surface area contributed by atoms with Crippen molar-refractivity contribution in [3.05, 3.63) is 77.5 Å². The van der Waals surface area contributed by atoms with E-state index in [4.69, 9.17) is 0 Å². The zero-order valence-corrected chi connectivity index (χ0v) is 9.93. The van der Waals surface area contributed by atoms with Crippen LogP contribution in [-0.2, 0) is 0 Å². The molecule has 0 amide bonds. The monoisotopic (exact) mass is 231 g/mol. The Morgan fingerprint density at radius 3 is 2.67 bits per heavy atom. The summed E-state index contributed by atoms with van der Waals surface area (Å²) in [6.07, 6.45) is 4.49. The molecule has 1 nitrogen and oxygen atoms in total. The van der Waals surface area contributed by atoms with Gasteiger partial charge in [-0.05, 0) is 28.6 Å². The minimum Gasteiger partial charge on any atom is -0.358 e. The molecule has 86 valence electrons. The fourth-order valence-corrected chi connectivity index (χ4v) is 2.78. The number of hydrogen-bond acceptors (Lipinski definition) is 0. The highest BCUT2D eigenvalue weighted by molar-refractivity contribution is 5.81. The van der Waals surface area contributed by atoms with E-state index >= 15 is 0 Å². The van der Waals surface area contributed by atoms with E-state index in [0.717, 1.165) is 0 Å². The highest BCUT2D eigenvalue weighted by Crippen LogP contribution is 2.35. The number of aromatic nitrogens is 1. The number of aromatic amines is 1. The van der Waals surface area contributed by atoms with Gasteiger partial charge in [0.2, 0.25) is 0 Å². The molecule has 3 aromatic rings. The Hall–Kier alpha value is -2.28. The molecule has 0 radical (unpaired) electrons. The van der Waals surface area contributed by atoms with Gasteiger partial charge in [0.1, 0.15) is 0 Å². The van der Waals surface area contributed by atoms with Gasteiger partial charge in [-0.25, -0.2) is 0 Å². The van der Waals surface area contributed by atoms with Gasteiger partial charge in [-0.1, -0.05) is 54.6 Å². The number of nitrogens with one attached hydrogen (secondary N) is 1. The van der Waals surface area contributed by atoms with Gasteiger partial charge in [-0.2, -0.15) is 0 Å². The first-order valence-corrected chi connectivity index (χ1v) is 6.26. The number of allylic oxidation sites excluding steroid dienone is 1. The van der Waals surface area contributed by atoms with Crippen molar-refractivity contribution in [2.24, 2.45) is 0 Å². The lowest BCUT2D eigenvalue weighted by atomic mass is 9.98. The van der Waals surface area contributed by atoms with Crippen molar-refractivity contribution in [1.29, 1.82) is 0 Å². The third-order valence-electron chi connectivity index (χ3n) is 3.69. The number of hydrogen-bond donors (Lipinski definition) is 1. The average molecular weight is 231 g/mol. The van der Waals surface area contributed by atoms with E-state index in [9.17, 15) is 0 Å². The Balaban J connectivity index is 1.87. The largest absolute Gasteiger partial charge is 0.358 e. The van der Waals surface area contributed by atoms with Gasteiger partial charge >= 0.3 is 0 Å². The second kappa shape index (κ2) is 3.61. The molecular weight excluding hydrogens is 218 g/mol. The molecule has 2 aromatic carbocycles. The zero-order chi connectivity index (χ0) is 11.9. The minimum atomic E-state index is 0.369. The predicted octanol–water partition coefficient (Wildman–Crippen LogP) is 4.33. The summed E-state index contributed by atoms with van der Waals surface area (Å²) in [4.78, 5) is 3.53. The molecule has 0 fully saturated rings. The molecule has 1 aliphatic carbocycles. The summed E-state index contributed by atoms with van der Waals surface area (Å²) < 4.78 is 0. The van der Waals surface area contributed by atoms with E-state index in [1.807, 2.05) is 0 Å². The van der Waals surface area contributed by atoms with Gasteiger partial charge in [0.05, 0.1) is 0 Å². The fourth-order valence-electron chi connectivity index (χ4n) is 2.78. The summed E-state index contributed by atoms with van der Waals surface area (Å²) in [6, 6.07) is 19.3. The molecule has 0 saturated heterocycles. The standard InChI is InChI=1S/C17H13N/c1-3-7-14-12(5-1)9-10-15(14)17-11-13-6-2-4-8-16(13)18-17/h1-11,15,18H. The molecule has 1 N–H and O–H groups in total. The van der Waals surface area contributed by atoms with Crippen LogP contribution in [0.15, 0.2) is 60.7 Å². The third-order valence-corrected chi connectivity index (χ3v) is 3.69. The van der Waals surface area contributed by atoms with Crippen LogP contribution in [0.25, 0.3) is 17.0 Å². The van der Waals surface area contributed by atoms with Crippen LogP contribution in [-0.4, -0.2) is 4.98 Å². The van der Waals surface area contributed by atoms with E-state index in [2.05, 4.69) is 71.7 Å². The van der Waals surface area contributed by atoms with Gasteiger partial charge in [0.25, 0.3) is 0 Å². The quantitative estimate of drug-likeness (QED) is 0.641. The van der Waals surface area contributed by atoms with Gasteiger partial charge in [0.15, 0.2) is 0 Å². The molecule has 1 aliphatic rings. The fraction of sp³-hybridized carbons (Fsp3) is 0.0588.